The molecule has 1 saturated carbocycles. The van der Waals surface area contributed by atoms with Crippen molar-refractivity contribution in [2.45, 2.75) is 31.6 Å². The third-order valence-corrected chi connectivity index (χ3v) is 4.21. The molecule has 0 heterocycles. The Kier molecular flexibility index (Phi) is 3.98. The molecular weight excluding hydrogens is 269 g/mol. The van der Waals surface area contributed by atoms with Crippen molar-refractivity contribution in [2.75, 3.05) is 6.54 Å². The lowest BCUT2D eigenvalue weighted by atomic mass is 9.75. The van der Waals surface area contributed by atoms with E-state index in [-0.39, 0.29) is 5.82 Å². The summed E-state index contributed by atoms with van der Waals surface area (Å²) in [5, 5.41) is 0. The van der Waals surface area contributed by atoms with Gasteiger partial charge in [-0.25, -0.2) is 4.39 Å². The number of hydrogen-bond donors (Lipinski definition) is 1. The monoisotopic (exact) mass is 285 g/mol. The first-order valence-corrected chi connectivity index (χ1v) is 6.67. The highest BCUT2D eigenvalue weighted by Crippen LogP contribution is 2.39. The molecule has 0 amide bonds. The van der Waals surface area contributed by atoms with E-state index in [2.05, 4.69) is 15.9 Å². The molecule has 2 unspecified atom stereocenters. The van der Waals surface area contributed by atoms with Crippen molar-refractivity contribution in [3.8, 4) is 0 Å². The van der Waals surface area contributed by atoms with Crippen LogP contribution in [0.25, 0.3) is 0 Å². The summed E-state index contributed by atoms with van der Waals surface area (Å²) < 4.78 is 14.6. The highest BCUT2D eigenvalue weighted by molar-refractivity contribution is 9.10. The summed E-state index contributed by atoms with van der Waals surface area (Å²) in [6.07, 6.45) is 4.61. The van der Waals surface area contributed by atoms with Gasteiger partial charge in [0.25, 0.3) is 0 Å². The van der Waals surface area contributed by atoms with Crippen LogP contribution in [0.4, 0.5) is 4.39 Å². The minimum Gasteiger partial charge on any atom is -0.330 e. The second kappa shape index (κ2) is 5.28. The smallest absolute Gasteiger partial charge is 0.140 e. The first-order chi connectivity index (χ1) is 7.74. The van der Waals surface area contributed by atoms with E-state index >= 15 is 0 Å². The van der Waals surface area contributed by atoms with Gasteiger partial charge in [-0.05, 0) is 58.8 Å². The van der Waals surface area contributed by atoms with E-state index in [0.29, 0.717) is 22.9 Å². The molecule has 0 aliphatic heterocycles. The maximum atomic E-state index is 14.0. The van der Waals surface area contributed by atoms with Crippen LogP contribution in [-0.2, 0) is 0 Å². The van der Waals surface area contributed by atoms with Crippen molar-refractivity contribution < 1.29 is 4.39 Å². The topological polar surface area (TPSA) is 26.0 Å². The highest BCUT2D eigenvalue weighted by Gasteiger charge is 2.27. The normalized spacial score (nSPS) is 25.7. The zero-order valence-corrected chi connectivity index (χ0v) is 10.8. The highest BCUT2D eigenvalue weighted by atomic mass is 79.9. The van der Waals surface area contributed by atoms with Gasteiger partial charge in [-0.2, -0.15) is 0 Å². The van der Waals surface area contributed by atoms with E-state index < -0.39 is 0 Å². The summed E-state index contributed by atoms with van der Waals surface area (Å²) in [6.45, 7) is 0.663. The van der Waals surface area contributed by atoms with Gasteiger partial charge in [-0.15, -0.1) is 0 Å². The first kappa shape index (κ1) is 12.1. The van der Waals surface area contributed by atoms with E-state index in [1.54, 1.807) is 6.07 Å². The molecular formula is C13H17BrFN. The Hall–Kier alpha value is -0.410. The maximum Gasteiger partial charge on any atom is 0.140 e. The first-order valence-electron chi connectivity index (χ1n) is 5.88. The SMILES string of the molecule is NCC1CCCCC1c1cccc(Br)c1F. The summed E-state index contributed by atoms with van der Waals surface area (Å²) in [7, 11) is 0. The van der Waals surface area contributed by atoms with Gasteiger partial charge in [0.15, 0.2) is 0 Å². The molecule has 0 bridgehead atoms. The quantitative estimate of drug-likeness (QED) is 0.878. The maximum absolute atomic E-state index is 14.0. The fourth-order valence-electron chi connectivity index (χ4n) is 2.71. The molecule has 3 heteroatoms. The van der Waals surface area contributed by atoms with Crippen LogP contribution in [0.2, 0.25) is 0 Å². The molecule has 2 rings (SSSR count). The fraction of sp³-hybridized carbons (Fsp3) is 0.538. The Bertz CT molecular complexity index is 367. The van der Waals surface area contributed by atoms with Gasteiger partial charge in [-0.1, -0.05) is 25.0 Å². The van der Waals surface area contributed by atoms with E-state index in [1.807, 2.05) is 12.1 Å². The molecule has 0 spiro atoms. The van der Waals surface area contributed by atoms with Crippen LogP contribution >= 0.6 is 15.9 Å². The number of nitrogens with two attached hydrogens (primary N) is 1. The number of benzene rings is 1. The third kappa shape index (κ3) is 2.30. The van der Waals surface area contributed by atoms with E-state index in [4.69, 9.17) is 5.73 Å². The lowest BCUT2D eigenvalue weighted by molar-refractivity contribution is 0.307. The second-order valence-electron chi connectivity index (χ2n) is 4.53. The second-order valence-corrected chi connectivity index (χ2v) is 5.38. The van der Waals surface area contributed by atoms with Crippen molar-refractivity contribution in [1.29, 1.82) is 0 Å². The van der Waals surface area contributed by atoms with E-state index in [0.717, 1.165) is 18.4 Å². The molecule has 2 N–H and O–H groups in total. The molecule has 88 valence electrons. The summed E-state index contributed by atoms with van der Waals surface area (Å²) in [6, 6.07) is 5.56. The van der Waals surface area contributed by atoms with Gasteiger partial charge < -0.3 is 5.73 Å². The molecule has 0 saturated heterocycles. The molecule has 1 fully saturated rings. The van der Waals surface area contributed by atoms with Crippen molar-refractivity contribution in [2.24, 2.45) is 11.7 Å². The number of rotatable bonds is 2. The lowest BCUT2D eigenvalue weighted by Crippen LogP contribution is -2.25. The Morgan fingerprint density at radius 2 is 2.06 bits per heavy atom. The predicted octanol–water partition coefficient (Wildman–Crippen LogP) is 3.82. The fourth-order valence-corrected chi connectivity index (χ4v) is 3.09. The minimum atomic E-state index is -0.104. The van der Waals surface area contributed by atoms with Gasteiger partial charge in [0.2, 0.25) is 0 Å². The van der Waals surface area contributed by atoms with Crippen LogP contribution in [0.3, 0.4) is 0 Å². The van der Waals surface area contributed by atoms with Crippen LogP contribution < -0.4 is 5.73 Å². The molecule has 0 aromatic heterocycles. The Labute approximate surface area is 104 Å². The van der Waals surface area contributed by atoms with Crippen LogP contribution in [0, 0.1) is 11.7 Å². The predicted molar refractivity (Wildman–Crippen MR) is 67.9 cm³/mol. The van der Waals surface area contributed by atoms with Crippen molar-refractivity contribution in [1.82, 2.24) is 0 Å². The van der Waals surface area contributed by atoms with E-state index in [1.165, 1.54) is 12.8 Å². The summed E-state index contributed by atoms with van der Waals surface area (Å²) in [4.78, 5) is 0. The Morgan fingerprint density at radius 1 is 1.31 bits per heavy atom. The molecule has 1 aromatic rings. The standard InChI is InChI=1S/C13H17BrFN/c14-12-7-3-6-11(13(12)15)10-5-2-1-4-9(10)8-16/h3,6-7,9-10H,1-2,4-5,8,16H2. The molecule has 1 aliphatic rings. The average molecular weight is 286 g/mol. The van der Waals surface area contributed by atoms with Crippen molar-refractivity contribution in [3.05, 3.63) is 34.1 Å². The molecule has 1 nitrogen and oxygen atoms in total. The molecule has 1 aliphatic carbocycles. The van der Waals surface area contributed by atoms with Gasteiger partial charge in [-0.3, -0.25) is 0 Å². The summed E-state index contributed by atoms with van der Waals surface area (Å²) in [5.41, 5.74) is 6.62. The largest absolute Gasteiger partial charge is 0.330 e. The van der Waals surface area contributed by atoms with E-state index in [9.17, 15) is 4.39 Å². The minimum absolute atomic E-state index is 0.104. The molecule has 2 atom stereocenters. The van der Waals surface area contributed by atoms with Crippen LogP contribution in [0.15, 0.2) is 22.7 Å². The molecule has 0 radical (unpaired) electrons. The van der Waals surface area contributed by atoms with Crippen molar-refractivity contribution in [3.63, 3.8) is 0 Å². The van der Waals surface area contributed by atoms with Gasteiger partial charge in [0.1, 0.15) is 5.82 Å². The van der Waals surface area contributed by atoms with Crippen LogP contribution in [0.1, 0.15) is 37.2 Å². The lowest BCUT2D eigenvalue weighted by Gasteiger charge is -2.31. The number of hydrogen-bond acceptors (Lipinski definition) is 1. The van der Waals surface area contributed by atoms with Gasteiger partial charge >= 0.3 is 0 Å². The zero-order valence-electron chi connectivity index (χ0n) is 9.26. The number of halogens is 2. The van der Waals surface area contributed by atoms with Crippen LogP contribution in [-0.4, -0.2) is 6.54 Å². The van der Waals surface area contributed by atoms with Gasteiger partial charge in [0, 0.05) is 0 Å². The molecule has 16 heavy (non-hydrogen) atoms. The van der Waals surface area contributed by atoms with Crippen LogP contribution in [0.5, 0.6) is 0 Å². The zero-order chi connectivity index (χ0) is 11.5. The van der Waals surface area contributed by atoms with Crippen molar-refractivity contribution >= 4 is 15.9 Å². The summed E-state index contributed by atoms with van der Waals surface area (Å²) >= 11 is 3.25. The third-order valence-electron chi connectivity index (χ3n) is 3.59. The average Bonchev–Trinajstić information content (AvgIpc) is 2.33. The molecule has 1 aromatic carbocycles. The Morgan fingerprint density at radius 3 is 2.81 bits per heavy atom. The van der Waals surface area contributed by atoms with Gasteiger partial charge in [0.05, 0.1) is 4.47 Å². The Balaban J connectivity index is 2.30. The summed E-state index contributed by atoms with van der Waals surface area (Å²) in [5.74, 6) is 0.640.